The number of nitrogens with two attached hydrogens (primary N) is 1. The third kappa shape index (κ3) is 2.18. The van der Waals surface area contributed by atoms with E-state index in [1.807, 2.05) is 24.1 Å². The van der Waals surface area contributed by atoms with Gasteiger partial charge in [-0.2, -0.15) is 5.26 Å². The molecule has 0 spiro atoms. The van der Waals surface area contributed by atoms with E-state index >= 15 is 0 Å². The fourth-order valence-electron chi connectivity index (χ4n) is 1.60. The van der Waals surface area contributed by atoms with Gasteiger partial charge in [0.2, 0.25) is 0 Å². The zero-order valence-electron chi connectivity index (χ0n) is 9.46. The minimum absolute atomic E-state index is 0.609. The van der Waals surface area contributed by atoms with Crippen molar-refractivity contribution in [3.63, 3.8) is 0 Å². The Hall–Kier alpha value is -2.54. The average Bonchev–Trinajstić information content (AvgIpc) is 2.38. The zero-order valence-corrected chi connectivity index (χ0v) is 9.46. The third-order valence-electron chi connectivity index (χ3n) is 2.50. The summed E-state index contributed by atoms with van der Waals surface area (Å²) < 4.78 is 0. The topological polar surface area (TPSA) is 65.9 Å². The lowest BCUT2D eigenvalue weighted by molar-refractivity contribution is 1.13. The van der Waals surface area contributed by atoms with Crippen molar-refractivity contribution in [1.82, 2.24) is 4.98 Å². The molecule has 4 nitrogen and oxygen atoms in total. The van der Waals surface area contributed by atoms with Crippen molar-refractivity contribution in [2.24, 2.45) is 0 Å². The van der Waals surface area contributed by atoms with Crippen LogP contribution in [0.1, 0.15) is 5.56 Å². The molecular weight excluding hydrogens is 212 g/mol. The number of hydrogen-bond donors (Lipinski definition) is 1. The summed E-state index contributed by atoms with van der Waals surface area (Å²) in [4.78, 5) is 6.09. The first-order valence-electron chi connectivity index (χ1n) is 5.17. The van der Waals surface area contributed by atoms with E-state index in [0.29, 0.717) is 17.1 Å². The van der Waals surface area contributed by atoms with Gasteiger partial charge in [-0.1, -0.05) is 6.07 Å². The van der Waals surface area contributed by atoms with Crippen LogP contribution in [0.2, 0.25) is 0 Å². The molecule has 17 heavy (non-hydrogen) atoms. The van der Waals surface area contributed by atoms with E-state index in [2.05, 4.69) is 11.1 Å². The highest BCUT2D eigenvalue weighted by Gasteiger charge is 2.08. The van der Waals surface area contributed by atoms with Crippen molar-refractivity contribution in [2.75, 3.05) is 17.7 Å². The molecule has 84 valence electrons. The second-order valence-corrected chi connectivity index (χ2v) is 3.64. The number of hydrogen-bond acceptors (Lipinski definition) is 4. The van der Waals surface area contributed by atoms with E-state index in [1.165, 1.54) is 0 Å². The normalized spacial score (nSPS) is 9.65. The predicted molar refractivity (Wildman–Crippen MR) is 67.9 cm³/mol. The van der Waals surface area contributed by atoms with E-state index < -0.39 is 0 Å². The van der Waals surface area contributed by atoms with Crippen molar-refractivity contribution in [1.29, 1.82) is 5.26 Å². The number of rotatable bonds is 2. The lowest BCUT2D eigenvalue weighted by Crippen LogP contribution is -2.13. The molecule has 2 rings (SSSR count). The zero-order chi connectivity index (χ0) is 12.3. The van der Waals surface area contributed by atoms with E-state index in [-0.39, 0.29) is 0 Å². The maximum Gasteiger partial charge on any atom is 0.155 e. The molecule has 0 fully saturated rings. The number of nitriles is 1. The summed E-state index contributed by atoms with van der Waals surface area (Å²) in [5.41, 5.74) is 7.97. The Balaban J connectivity index is 2.41. The number of pyridine rings is 1. The van der Waals surface area contributed by atoms with Gasteiger partial charge < -0.3 is 10.6 Å². The molecule has 0 radical (unpaired) electrons. The van der Waals surface area contributed by atoms with Crippen LogP contribution in [0, 0.1) is 11.3 Å². The monoisotopic (exact) mass is 224 g/mol. The van der Waals surface area contributed by atoms with Gasteiger partial charge in [0.05, 0.1) is 17.3 Å². The molecule has 0 aliphatic rings. The molecule has 0 aliphatic heterocycles. The summed E-state index contributed by atoms with van der Waals surface area (Å²) in [7, 11) is 1.87. The molecule has 0 amide bonds. The first-order valence-corrected chi connectivity index (χ1v) is 5.17. The smallest absolute Gasteiger partial charge is 0.155 e. The van der Waals surface area contributed by atoms with Crippen LogP contribution >= 0.6 is 0 Å². The molecule has 2 aromatic rings. The molecular formula is C13H12N4. The second-order valence-electron chi connectivity index (χ2n) is 3.64. The standard InChI is InChI=1S/C13H12N4/c1-17(13-12(15)6-3-7-16-13)11-5-2-4-10(8-11)9-14/h2-8H,15H2,1H3. The summed E-state index contributed by atoms with van der Waals surface area (Å²) >= 11 is 0. The van der Waals surface area contributed by atoms with Crippen LogP contribution < -0.4 is 10.6 Å². The molecule has 1 aromatic heterocycles. The molecule has 2 N–H and O–H groups in total. The largest absolute Gasteiger partial charge is 0.396 e. The molecule has 0 unspecified atom stereocenters. The Morgan fingerprint density at radius 1 is 1.29 bits per heavy atom. The highest BCUT2D eigenvalue weighted by Crippen LogP contribution is 2.26. The third-order valence-corrected chi connectivity index (χ3v) is 2.50. The number of aromatic nitrogens is 1. The molecule has 4 heteroatoms. The summed E-state index contributed by atoms with van der Waals surface area (Å²) in [5.74, 6) is 0.683. The highest BCUT2D eigenvalue weighted by atomic mass is 15.2. The molecule has 0 aliphatic carbocycles. The second kappa shape index (κ2) is 4.54. The summed E-state index contributed by atoms with van der Waals surface area (Å²) in [6.07, 6.45) is 1.69. The summed E-state index contributed by atoms with van der Waals surface area (Å²) in [5, 5.41) is 8.86. The lowest BCUT2D eigenvalue weighted by Gasteiger charge is -2.19. The van der Waals surface area contributed by atoms with Crippen molar-refractivity contribution >= 4 is 17.2 Å². The van der Waals surface area contributed by atoms with Crippen molar-refractivity contribution < 1.29 is 0 Å². The fourth-order valence-corrected chi connectivity index (χ4v) is 1.60. The van der Waals surface area contributed by atoms with Crippen molar-refractivity contribution in [3.05, 3.63) is 48.2 Å². The van der Waals surface area contributed by atoms with Crippen LogP contribution in [0.5, 0.6) is 0 Å². The number of nitrogen functional groups attached to an aromatic ring is 1. The molecule has 0 saturated carbocycles. The number of anilines is 3. The highest BCUT2D eigenvalue weighted by molar-refractivity contribution is 5.70. The van der Waals surface area contributed by atoms with Crippen LogP contribution in [-0.4, -0.2) is 12.0 Å². The Kier molecular flexibility index (Phi) is 2.93. The Labute approximate surface area is 99.9 Å². The van der Waals surface area contributed by atoms with E-state index in [1.54, 1.807) is 30.5 Å². The van der Waals surface area contributed by atoms with Gasteiger partial charge in [0.25, 0.3) is 0 Å². The molecule has 0 bridgehead atoms. The van der Waals surface area contributed by atoms with Gasteiger partial charge >= 0.3 is 0 Å². The van der Waals surface area contributed by atoms with Crippen LogP contribution in [0.4, 0.5) is 17.2 Å². The van der Waals surface area contributed by atoms with Crippen LogP contribution in [0.15, 0.2) is 42.6 Å². The van der Waals surface area contributed by atoms with Gasteiger partial charge in [-0.05, 0) is 30.3 Å². The summed E-state index contributed by atoms with van der Waals surface area (Å²) in [6.45, 7) is 0. The molecule has 1 aromatic carbocycles. The van der Waals surface area contributed by atoms with Crippen molar-refractivity contribution in [2.45, 2.75) is 0 Å². The van der Waals surface area contributed by atoms with Gasteiger partial charge in [0.15, 0.2) is 5.82 Å². The van der Waals surface area contributed by atoms with Gasteiger partial charge in [-0.15, -0.1) is 0 Å². The Morgan fingerprint density at radius 2 is 2.12 bits per heavy atom. The first-order chi connectivity index (χ1) is 8.22. The number of benzene rings is 1. The molecule has 1 heterocycles. The van der Waals surface area contributed by atoms with Crippen molar-refractivity contribution in [3.8, 4) is 6.07 Å². The quantitative estimate of drug-likeness (QED) is 0.850. The number of nitrogens with zero attached hydrogens (tertiary/aromatic N) is 3. The molecule has 0 atom stereocenters. The maximum atomic E-state index is 8.86. The Morgan fingerprint density at radius 3 is 2.82 bits per heavy atom. The lowest BCUT2D eigenvalue weighted by atomic mass is 10.2. The van der Waals surface area contributed by atoms with Gasteiger partial charge in [0, 0.05) is 18.9 Å². The van der Waals surface area contributed by atoms with Crippen LogP contribution in [0.25, 0.3) is 0 Å². The van der Waals surface area contributed by atoms with Gasteiger partial charge in [0.1, 0.15) is 0 Å². The Bertz CT molecular complexity index is 572. The van der Waals surface area contributed by atoms with E-state index in [0.717, 1.165) is 5.69 Å². The first kappa shape index (κ1) is 11.0. The van der Waals surface area contributed by atoms with E-state index in [4.69, 9.17) is 11.0 Å². The average molecular weight is 224 g/mol. The predicted octanol–water partition coefficient (Wildman–Crippen LogP) is 2.30. The van der Waals surface area contributed by atoms with Crippen LogP contribution in [0.3, 0.4) is 0 Å². The summed E-state index contributed by atoms with van der Waals surface area (Å²) in [6, 6.07) is 13.0. The minimum Gasteiger partial charge on any atom is -0.396 e. The SMILES string of the molecule is CN(c1cccc(C#N)c1)c1ncccc1N. The minimum atomic E-state index is 0.609. The molecule has 0 saturated heterocycles. The van der Waals surface area contributed by atoms with Crippen LogP contribution in [-0.2, 0) is 0 Å². The van der Waals surface area contributed by atoms with Gasteiger partial charge in [-0.25, -0.2) is 4.98 Å². The van der Waals surface area contributed by atoms with E-state index in [9.17, 15) is 0 Å². The van der Waals surface area contributed by atoms with Gasteiger partial charge in [-0.3, -0.25) is 0 Å². The maximum absolute atomic E-state index is 8.86. The fraction of sp³-hybridized carbons (Fsp3) is 0.0769.